The number of halogens is 3. The maximum absolute atomic E-state index is 15.5. The lowest BCUT2D eigenvalue weighted by atomic mass is 10.0. The molecule has 5 rings (SSSR count). The summed E-state index contributed by atoms with van der Waals surface area (Å²) in [6.07, 6.45) is 7.36. The summed E-state index contributed by atoms with van der Waals surface area (Å²) in [4.78, 5) is 14.4. The number of hydrogen-bond donors (Lipinski definition) is 0. The fourth-order valence-corrected chi connectivity index (χ4v) is 4.71. The van der Waals surface area contributed by atoms with Gasteiger partial charge in [-0.25, -0.2) is 32.8 Å². The van der Waals surface area contributed by atoms with Crippen LogP contribution in [0, 0.1) is 5.82 Å². The van der Waals surface area contributed by atoms with Gasteiger partial charge in [-0.05, 0) is 42.4 Å². The number of aromatic nitrogens is 5. The highest BCUT2D eigenvalue weighted by molar-refractivity contribution is 5.46. The normalized spacial score (nSPS) is 16.0. The summed E-state index contributed by atoms with van der Waals surface area (Å²) >= 11 is 0. The standard InChI is InChI=1S/C27H27F3N6/c1-27(29,30)22-11-9-21(10-12-22)24-3-2-14-36(24)26-25(28)23(32-17-33-26)13-8-19-4-6-20(7-5-19)15-35-18-31-16-34-35/h4-7,9-12,16-18,24H,2-3,8,13-15H2,1H3. The SMILES string of the molecule is CC(F)(F)c1ccc(C2CCCN2c2ncnc(CCc3ccc(Cn4cncn4)cc3)c2F)cc1. The summed E-state index contributed by atoms with van der Waals surface area (Å²) in [7, 11) is 0. The molecule has 2 aromatic heterocycles. The molecule has 1 unspecified atom stereocenters. The van der Waals surface area contributed by atoms with E-state index in [1.807, 2.05) is 29.2 Å². The van der Waals surface area contributed by atoms with E-state index in [4.69, 9.17) is 0 Å². The van der Waals surface area contributed by atoms with Crippen LogP contribution in [0.3, 0.4) is 0 Å². The zero-order valence-electron chi connectivity index (χ0n) is 20.0. The summed E-state index contributed by atoms with van der Waals surface area (Å²) < 4.78 is 44.5. The van der Waals surface area contributed by atoms with E-state index < -0.39 is 11.7 Å². The van der Waals surface area contributed by atoms with Crippen LogP contribution in [0.25, 0.3) is 0 Å². The van der Waals surface area contributed by atoms with E-state index in [9.17, 15) is 8.78 Å². The van der Waals surface area contributed by atoms with Gasteiger partial charge in [-0.2, -0.15) is 5.10 Å². The van der Waals surface area contributed by atoms with Crippen molar-refractivity contribution in [3.8, 4) is 0 Å². The molecule has 6 nitrogen and oxygen atoms in total. The zero-order valence-corrected chi connectivity index (χ0v) is 20.0. The summed E-state index contributed by atoms with van der Waals surface area (Å²) in [5.41, 5.74) is 3.42. The molecule has 3 heterocycles. The Bertz CT molecular complexity index is 1280. The minimum atomic E-state index is -2.89. The van der Waals surface area contributed by atoms with Crippen molar-refractivity contribution in [3.05, 3.63) is 101 Å². The molecule has 0 radical (unpaired) electrons. The van der Waals surface area contributed by atoms with E-state index in [1.165, 1.54) is 24.8 Å². The van der Waals surface area contributed by atoms with Crippen LogP contribution in [0.2, 0.25) is 0 Å². The minimum Gasteiger partial charge on any atom is -0.347 e. The van der Waals surface area contributed by atoms with Crippen LogP contribution in [0.5, 0.6) is 0 Å². The first-order valence-corrected chi connectivity index (χ1v) is 12.0. The minimum absolute atomic E-state index is 0.0299. The van der Waals surface area contributed by atoms with Crippen LogP contribution in [-0.2, 0) is 25.3 Å². The second kappa shape index (κ2) is 10.1. The highest BCUT2D eigenvalue weighted by atomic mass is 19.3. The molecule has 36 heavy (non-hydrogen) atoms. The number of nitrogens with zero attached hydrogens (tertiary/aromatic N) is 6. The zero-order chi connectivity index (χ0) is 25.1. The Morgan fingerprint density at radius 3 is 2.39 bits per heavy atom. The van der Waals surface area contributed by atoms with Crippen molar-refractivity contribution in [1.29, 1.82) is 0 Å². The first-order valence-electron chi connectivity index (χ1n) is 12.0. The molecule has 1 aliphatic heterocycles. The van der Waals surface area contributed by atoms with Gasteiger partial charge in [0.25, 0.3) is 5.92 Å². The Hall–Kier alpha value is -3.75. The third kappa shape index (κ3) is 5.24. The highest BCUT2D eigenvalue weighted by Crippen LogP contribution is 2.37. The van der Waals surface area contributed by atoms with Gasteiger partial charge in [-0.1, -0.05) is 48.5 Å². The first kappa shape index (κ1) is 24.0. The quantitative estimate of drug-likeness (QED) is 0.325. The lowest BCUT2D eigenvalue weighted by Crippen LogP contribution is -2.25. The molecular weight excluding hydrogens is 465 g/mol. The molecule has 0 spiro atoms. The maximum atomic E-state index is 15.5. The van der Waals surface area contributed by atoms with Crippen LogP contribution < -0.4 is 4.90 Å². The lowest BCUT2D eigenvalue weighted by Gasteiger charge is -2.27. The monoisotopic (exact) mass is 492 g/mol. The van der Waals surface area contributed by atoms with E-state index in [1.54, 1.807) is 23.1 Å². The maximum Gasteiger partial charge on any atom is 0.270 e. The summed E-state index contributed by atoms with van der Waals surface area (Å²) in [5.74, 6) is -3.03. The Morgan fingerprint density at radius 2 is 1.69 bits per heavy atom. The Kier molecular flexibility index (Phi) is 6.71. The van der Waals surface area contributed by atoms with Gasteiger partial charge in [-0.3, -0.25) is 0 Å². The van der Waals surface area contributed by atoms with E-state index in [0.29, 0.717) is 31.6 Å². The largest absolute Gasteiger partial charge is 0.347 e. The molecule has 1 fully saturated rings. The molecule has 9 heteroatoms. The van der Waals surface area contributed by atoms with Crippen LogP contribution >= 0.6 is 0 Å². The van der Waals surface area contributed by atoms with Gasteiger partial charge >= 0.3 is 0 Å². The molecular formula is C27H27F3N6. The van der Waals surface area contributed by atoms with Crippen LogP contribution in [0.4, 0.5) is 19.0 Å². The molecule has 0 bridgehead atoms. The first-order chi connectivity index (χ1) is 17.4. The topological polar surface area (TPSA) is 59.7 Å². The number of alkyl halides is 2. The van der Waals surface area contributed by atoms with Crippen molar-refractivity contribution in [2.75, 3.05) is 11.4 Å². The lowest BCUT2D eigenvalue weighted by molar-refractivity contribution is 0.0174. The van der Waals surface area contributed by atoms with Crippen molar-refractivity contribution in [2.45, 2.75) is 51.1 Å². The van der Waals surface area contributed by atoms with Crippen molar-refractivity contribution in [3.63, 3.8) is 0 Å². The number of benzene rings is 2. The van der Waals surface area contributed by atoms with Crippen LogP contribution in [-0.4, -0.2) is 31.3 Å². The summed E-state index contributed by atoms with van der Waals surface area (Å²) in [5, 5.41) is 4.11. The van der Waals surface area contributed by atoms with Gasteiger partial charge in [0.15, 0.2) is 11.6 Å². The Labute approximate surface area is 207 Å². The van der Waals surface area contributed by atoms with Crippen molar-refractivity contribution in [2.24, 2.45) is 0 Å². The summed E-state index contributed by atoms with van der Waals surface area (Å²) in [6, 6.07) is 14.3. The third-order valence-corrected chi connectivity index (χ3v) is 6.66. The van der Waals surface area contributed by atoms with E-state index in [0.717, 1.165) is 36.5 Å². The average Bonchev–Trinajstić information content (AvgIpc) is 3.56. The molecule has 0 aliphatic carbocycles. The fraction of sp³-hybridized carbons (Fsp3) is 0.333. The van der Waals surface area contributed by atoms with Gasteiger partial charge in [0.2, 0.25) is 0 Å². The van der Waals surface area contributed by atoms with E-state index in [2.05, 4.69) is 20.1 Å². The molecule has 1 atom stereocenters. The molecule has 1 aliphatic rings. The number of aryl methyl sites for hydroxylation is 2. The molecule has 0 saturated carbocycles. The van der Waals surface area contributed by atoms with Gasteiger partial charge in [-0.15, -0.1) is 0 Å². The van der Waals surface area contributed by atoms with Crippen molar-refractivity contribution in [1.82, 2.24) is 24.7 Å². The number of hydrogen-bond acceptors (Lipinski definition) is 5. The molecule has 4 aromatic rings. The van der Waals surface area contributed by atoms with Gasteiger partial charge in [0.05, 0.1) is 18.3 Å². The Balaban J connectivity index is 1.28. The smallest absolute Gasteiger partial charge is 0.270 e. The van der Waals surface area contributed by atoms with Gasteiger partial charge in [0.1, 0.15) is 19.0 Å². The average molecular weight is 493 g/mol. The molecule has 0 amide bonds. The van der Waals surface area contributed by atoms with Crippen LogP contribution in [0.1, 0.15) is 53.8 Å². The molecule has 0 N–H and O–H groups in total. The van der Waals surface area contributed by atoms with E-state index >= 15 is 4.39 Å². The van der Waals surface area contributed by atoms with Gasteiger partial charge in [0, 0.05) is 19.0 Å². The predicted octanol–water partition coefficient (Wildman–Crippen LogP) is 5.49. The molecule has 2 aromatic carbocycles. The van der Waals surface area contributed by atoms with Crippen molar-refractivity contribution >= 4 is 5.82 Å². The highest BCUT2D eigenvalue weighted by Gasteiger charge is 2.31. The molecule has 1 saturated heterocycles. The fourth-order valence-electron chi connectivity index (χ4n) is 4.71. The second-order valence-electron chi connectivity index (χ2n) is 9.23. The number of anilines is 1. The van der Waals surface area contributed by atoms with Crippen molar-refractivity contribution < 1.29 is 13.2 Å². The predicted molar refractivity (Wildman–Crippen MR) is 130 cm³/mol. The van der Waals surface area contributed by atoms with Gasteiger partial charge < -0.3 is 4.90 Å². The Morgan fingerprint density at radius 1 is 0.944 bits per heavy atom. The second-order valence-corrected chi connectivity index (χ2v) is 9.23. The number of rotatable bonds is 8. The summed E-state index contributed by atoms with van der Waals surface area (Å²) in [6.45, 7) is 2.18. The molecule has 186 valence electrons. The van der Waals surface area contributed by atoms with E-state index in [-0.39, 0.29) is 17.4 Å². The van der Waals surface area contributed by atoms with Crippen LogP contribution in [0.15, 0.2) is 67.5 Å². The third-order valence-electron chi connectivity index (χ3n) is 6.66.